The summed E-state index contributed by atoms with van der Waals surface area (Å²) in [4.78, 5) is 12.9. The van der Waals surface area contributed by atoms with Gasteiger partial charge in [0.15, 0.2) is 11.5 Å². The Kier molecular flexibility index (Phi) is 5.95. The Balaban J connectivity index is 1.89. The third kappa shape index (κ3) is 4.52. The minimum absolute atomic E-state index is 0.00287. The van der Waals surface area contributed by atoms with Gasteiger partial charge in [-0.3, -0.25) is 4.79 Å². The van der Waals surface area contributed by atoms with Crippen molar-refractivity contribution >= 4 is 33.4 Å². The molecule has 1 aliphatic rings. The van der Waals surface area contributed by atoms with Gasteiger partial charge in [-0.1, -0.05) is 6.07 Å². The summed E-state index contributed by atoms with van der Waals surface area (Å²) in [6, 6.07) is 11.1. The highest BCUT2D eigenvalue weighted by Gasteiger charge is 2.29. The van der Waals surface area contributed by atoms with Crippen LogP contribution in [0.25, 0.3) is 6.08 Å². The van der Waals surface area contributed by atoms with Crippen LogP contribution in [-0.4, -0.2) is 33.3 Å². The average molecular weight is 429 g/mol. The quantitative estimate of drug-likeness (QED) is 0.710. The monoisotopic (exact) mass is 429 g/mol. The molecule has 2 N–H and O–H groups in total. The third-order valence-electron chi connectivity index (χ3n) is 4.33. The summed E-state index contributed by atoms with van der Waals surface area (Å²) in [6.07, 6.45) is 1.73. The summed E-state index contributed by atoms with van der Waals surface area (Å²) in [5.74, 6) is 0.861. The number of carbonyl (C=O) groups is 1. The number of hydrogen-bond acceptors (Lipinski definition) is 6. The lowest BCUT2D eigenvalue weighted by Gasteiger charge is -2.14. The molecule has 1 aliphatic heterocycles. The molecule has 0 saturated carbocycles. The molecule has 0 spiro atoms. The molecule has 1 amide bonds. The highest BCUT2D eigenvalue weighted by molar-refractivity contribution is 7.89. The van der Waals surface area contributed by atoms with Crippen molar-refractivity contribution in [2.24, 2.45) is 10.2 Å². The number of sulfonamides is 1. The van der Waals surface area contributed by atoms with Crippen molar-refractivity contribution < 1.29 is 22.7 Å². The molecule has 3 rings (SSSR count). The van der Waals surface area contributed by atoms with Crippen LogP contribution < -0.4 is 19.6 Å². The topological polar surface area (TPSA) is 111 Å². The van der Waals surface area contributed by atoms with Crippen LogP contribution in [0.2, 0.25) is 0 Å². The largest absolute Gasteiger partial charge is 0.493 e. The molecule has 158 valence electrons. The van der Waals surface area contributed by atoms with Crippen LogP contribution in [0.15, 0.2) is 58.0 Å². The van der Waals surface area contributed by atoms with Crippen molar-refractivity contribution in [2.75, 3.05) is 12.1 Å². The number of amides is 1. The van der Waals surface area contributed by atoms with Gasteiger partial charge in [-0.15, -0.1) is 0 Å². The molecule has 30 heavy (non-hydrogen) atoms. The predicted molar refractivity (Wildman–Crippen MR) is 115 cm³/mol. The molecule has 9 heteroatoms. The smallest absolute Gasteiger partial charge is 0.280 e. The number of benzene rings is 2. The summed E-state index contributed by atoms with van der Waals surface area (Å²) >= 11 is 0. The predicted octanol–water partition coefficient (Wildman–Crippen LogP) is 2.94. The molecule has 2 aromatic rings. The van der Waals surface area contributed by atoms with Crippen molar-refractivity contribution in [2.45, 2.75) is 31.8 Å². The number of anilines is 1. The fraction of sp³-hybridized carbons (Fsp3) is 0.238. The average Bonchev–Trinajstić information content (AvgIpc) is 2.96. The van der Waals surface area contributed by atoms with Gasteiger partial charge in [0.1, 0.15) is 0 Å². The standard InChI is InChI=1S/C21H23N3O5S/c1-13(2)29-19-10-5-15(12-20(19)28-4)11-18-14(3)23-24(21(18)25)16-6-8-17(9-7-16)30(22,26)27/h5-13H,1-4H3,(H2,22,26,27)/b18-11-. The maximum absolute atomic E-state index is 12.9. The summed E-state index contributed by atoms with van der Waals surface area (Å²) in [6.45, 7) is 5.59. The Labute approximate surface area is 175 Å². The fourth-order valence-corrected chi connectivity index (χ4v) is 3.44. The van der Waals surface area contributed by atoms with Gasteiger partial charge < -0.3 is 9.47 Å². The van der Waals surface area contributed by atoms with Gasteiger partial charge in [0, 0.05) is 0 Å². The van der Waals surface area contributed by atoms with E-state index in [1.54, 1.807) is 32.2 Å². The number of ether oxygens (including phenoxy) is 2. The second-order valence-corrected chi connectivity index (χ2v) is 8.54. The van der Waals surface area contributed by atoms with E-state index in [1.807, 2.05) is 19.9 Å². The molecule has 0 atom stereocenters. The van der Waals surface area contributed by atoms with Crippen LogP contribution in [0.5, 0.6) is 11.5 Å². The van der Waals surface area contributed by atoms with Crippen LogP contribution in [-0.2, 0) is 14.8 Å². The Hall–Kier alpha value is -3.17. The number of nitrogens with two attached hydrogens (primary N) is 1. The first-order chi connectivity index (χ1) is 14.1. The van der Waals surface area contributed by atoms with Gasteiger partial charge in [0.05, 0.1) is 35.1 Å². The van der Waals surface area contributed by atoms with Crippen LogP contribution in [0, 0.1) is 0 Å². The normalized spacial score (nSPS) is 15.7. The van der Waals surface area contributed by atoms with E-state index in [0.717, 1.165) is 5.56 Å². The van der Waals surface area contributed by atoms with E-state index in [1.165, 1.54) is 29.3 Å². The number of hydrogen-bond donors (Lipinski definition) is 1. The zero-order chi connectivity index (χ0) is 22.1. The second-order valence-electron chi connectivity index (χ2n) is 6.98. The van der Waals surface area contributed by atoms with E-state index in [-0.39, 0.29) is 16.9 Å². The molecule has 0 radical (unpaired) electrons. The van der Waals surface area contributed by atoms with Gasteiger partial charge in [0.2, 0.25) is 10.0 Å². The molecule has 0 aliphatic carbocycles. The van der Waals surface area contributed by atoms with E-state index in [4.69, 9.17) is 14.6 Å². The van der Waals surface area contributed by atoms with Gasteiger partial charge in [-0.2, -0.15) is 10.1 Å². The first-order valence-corrected chi connectivity index (χ1v) is 10.7. The van der Waals surface area contributed by atoms with Crippen LogP contribution in [0.3, 0.4) is 0 Å². The SMILES string of the molecule is COc1cc(/C=C2\C(=O)N(c3ccc(S(N)(=O)=O)cc3)N=C2C)ccc1OC(C)C. The van der Waals surface area contributed by atoms with Crippen LogP contribution >= 0.6 is 0 Å². The van der Waals surface area contributed by atoms with Crippen molar-refractivity contribution in [1.29, 1.82) is 0 Å². The van der Waals surface area contributed by atoms with E-state index < -0.39 is 10.0 Å². The lowest BCUT2D eigenvalue weighted by Crippen LogP contribution is -2.21. The van der Waals surface area contributed by atoms with Crippen LogP contribution in [0.1, 0.15) is 26.3 Å². The highest BCUT2D eigenvalue weighted by atomic mass is 32.2. The van der Waals surface area contributed by atoms with Gasteiger partial charge >= 0.3 is 0 Å². The lowest BCUT2D eigenvalue weighted by molar-refractivity contribution is -0.114. The Morgan fingerprint density at radius 3 is 2.33 bits per heavy atom. The summed E-state index contributed by atoms with van der Waals surface area (Å²) in [7, 11) is -2.25. The molecular weight excluding hydrogens is 406 g/mol. The van der Waals surface area contributed by atoms with E-state index in [9.17, 15) is 13.2 Å². The van der Waals surface area contributed by atoms with E-state index >= 15 is 0 Å². The van der Waals surface area contributed by atoms with Gasteiger partial charge in [-0.25, -0.2) is 13.6 Å². The van der Waals surface area contributed by atoms with Crippen molar-refractivity contribution in [1.82, 2.24) is 0 Å². The zero-order valence-corrected chi connectivity index (χ0v) is 17.9. The molecule has 0 saturated heterocycles. The van der Waals surface area contributed by atoms with Crippen molar-refractivity contribution in [3.8, 4) is 11.5 Å². The molecule has 0 unspecified atom stereocenters. The summed E-state index contributed by atoms with van der Waals surface area (Å²) in [5.41, 5.74) is 2.16. The number of primary sulfonamides is 1. The molecule has 1 heterocycles. The number of methoxy groups -OCH3 is 1. The molecule has 0 fully saturated rings. The lowest BCUT2D eigenvalue weighted by atomic mass is 10.1. The molecule has 0 aromatic heterocycles. The maximum Gasteiger partial charge on any atom is 0.280 e. The van der Waals surface area contributed by atoms with Crippen LogP contribution in [0.4, 0.5) is 5.69 Å². The number of hydrazone groups is 1. The molecular formula is C21H23N3O5S. The summed E-state index contributed by atoms with van der Waals surface area (Å²) in [5, 5.41) is 10.6. The molecule has 8 nitrogen and oxygen atoms in total. The minimum atomic E-state index is -3.81. The van der Waals surface area contributed by atoms with Crippen molar-refractivity contribution in [3.63, 3.8) is 0 Å². The first-order valence-electron chi connectivity index (χ1n) is 9.19. The Bertz CT molecular complexity index is 1140. The second kappa shape index (κ2) is 8.29. The fourth-order valence-electron chi connectivity index (χ4n) is 2.93. The third-order valence-corrected chi connectivity index (χ3v) is 5.26. The highest BCUT2D eigenvalue weighted by Crippen LogP contribution is 2.31. The Morgan fingerprint density at radius 1 is 1.10 bits per heavy atom. The van der Waals surface area contributed by atoms with E-state index in [0.29, 0.717) is 28.5 Å². The van der Waals surface area contributed by atoms with E-state index in [2.05, 4.69) is 5.10 Å². The number of rotatable bonds is 6. The number of carbonyl (C=O) groups excluding carboxylic acids is 1. The zero-order valence-electron chi connectivity index (χ0n) is 17.1. The summed E-state index contributed by atoms with van der Waals surface area (Å²) < 4.78 is 33.9. The van der Waals surface area contributed by atoms with Gasteiger partial charge in [-0.05, 0) is 68.8 Å². The van der Waals surface area contributed by atoms with Crippen molar-refractivity contribution in [3.05, 3.63) is 53.6 Å². The number of nitrogens with zero attached hydrogens (tertiary/aromatic N) is 2. The first kappa shape index (κ1) is 21.5. The minimum Gasteiger partial charge on any atom is -0.493 e. The van der Waals surface area contributed by atoms with Gasteiger partial charge in [0.25, 0.3) is 5.91 Å². The maximum atomic E-state index is 12.9. The molecule has 2 aromatic carbocycles. The Morgan fingerprint density at radius 2 is 1.77 bits per heavy atom. The molecule has 0 bridgehead atoms.